The van der Waals surface area contributed by atoms with Crippen molar-refractivity contribution in [3.05, 3.63) is 53.0 Å². The zero-order chi connectivity index (χ0) is 17.6. The van der Waals surface area contributed by atoms with E-state index in [1.807, 2.05) is 30.9 Å². The summed E-state index contributed by atoms with van der Waals surface area (Å²) in [7, 11) is 0. The monoisotopic (exact) mass is 336 g/mol. The smallest absolute Gasteiger partial charge is 0.227 e. The van der Waals surface area contributed by atoms with Gasteiger partial charge >= 0.3 is 0 Å². The van der Waals surface area contributed by atoms with Gasteiger partial charge in [0.15, 0.2) is 0 Å². The molecule has 1 unspecified atom stereocenters. The number of nitrogens with one attached hydrogen (secondary N) is 1. The number of aromatic amines is 1. The first-order chi connectivity index (χ1) is 12.0. The van der Waals surface area contributed by atoms with Crippen molar-refractivity contribution in [1.29, 1.82) is 0 Å². The Morgan fingerprint density at radius 2 is 2.08 bits per heavy atom. The predicted molar refractivity (Wildman–Crippen MR) is 98.7 cm³/mol. The van der Waals surface area contributed by atoms with E-state index in [1.54, 1.807) is 0 Å². The summed E-state index contributed by atoms with van der Waals surface area (Å²) in [4.78, 5) is 18.2. The lowest BCUT2D eigenvalue weighted by Crippen LogP contribution is -2.30. The second kappa shape index (κ2) is 6.06. The van der Waals surface area contributed by atoms with Crippen molar-refractivity contribution in [3.63, 3.8) is 0 Å². The summed E-state index contributed by atoms with van der Waals surface area (Å²) >= 11 is 0. The van der Waals surface area contributed by atoms with Crippen LogP contribution in [0.25, 0.3) is 10.9 Å². The van der Waals surface area contributed by atoms with E-state index in [2.05, 4.69) is 39.9 Å². The number of aromatic nitrogens is 3. The predicted octanol–water partition coefficient (Wildman–Crippen LogP) is 3.31. The highest BCUT2D eigenvalue weighted by Crippen LogP contribution is 2.26. The van der Waals surface area contributed by atoms with Crippen molar-refractivity contribution in [2.24, 2.45) is 0 Å². The van der Waals surface area contributed by atoms with Crippen LogP contribution in [-0.4, -0.2) is 38.7 Å². The van der Waals surface area contributed by atoms with Crippen molar-refractivity contribution in [3.8, 4) is 0 Å². The Balaban J connectivity index is 1.50. The van der Waals surface area contributed by atoms with Gasteiger partial charge in [0.05, 0.1) is 18.2 Å². The van der Waals surface area contributed by atoms with Crippen molar-refractivity contribution in [1.82, 2.24) is 19.7 Å². The van der Waals surface area contributed by atoms with Gasteiger partial charge in [0.25, 0.3) is 0 Å². The number of H-pyrrole nitrogens is 1. The van der Waals surface area contributed by atoms with Crippen LogP contribution in [0.15, 0.2) is 30.3 Å². The molecule has 0 spiro atoms. The normalized spacial score (nSPS) is 17.6. The number of hydrogen-bond donors (Lipinski definition) is 1. The first kappa shape index (κ1) is 15.9. The summed E-state index contributed by atoms with van der Waals surface area (Å²) in [6.07, 6.45) is 1.43. The topological polar surface area (TPSA) is 53.9 Å². The minimum absolute atomic E-state index is 0.205. The van der Waals surface area contributed by atoms with Gasteiger partial charge in [0.2, 0.25) is 5.91 Å². The Hall–Kier alpha value is -2.56. The molecule has 1 atom stereocenters. The summed E-state index contributed by atoms with van der Waals surface area (Å²) in [6.45, 7) is 7.71. The SMILES string of the molecule is Cc1cc(C)n(C2CCN(C(=O)Cc3c(C)[nH]c4ccccc34)C2)n1. The Labute approximate surface area is 147 Å². The highest BCUT2D eigenvalue weighted by molar-refractivity contribution is 5.90. The number of hydrogen-bond acceptors (Lipinski definition) is 2. The van der Waals surface area contributed by atoms with Crippen molar-refractivity contribution < 1.29 is 4.79 Å². The van der Waals surface area contributed by atoms with Crippen LogP contribution in [0.5, 0.6) is 0 Å². The number of carbonyl (C=O) groups is 1. The number of rotatable bonds is 3. The quantitative estimate of drug-likeness (QED) is 0.798. The molecule has 0 aliphatic carbocycles. The van der Waals surface area contributed by atoms with Gasteiger partial charge < -0.3 is 9.88 Å². The number of nitrogens with zero attached hydrogens (tertiary/aromatic N) is 3. The summed E-state index contributed by atoms with van der Waals surface area (Å²) in [6, 6.07) is 10.6. The fourth-order valence-corrected chi connectivity index (χ4v) is 4.01. The molecule has 1 amide bonds. The molecule has 3 aromatic rings. The van der Waals surface area contributed by atoms with Crippen molar-refractivity contribution in [2.75, 3.05) is 13.1 Å². The highest BCUT2D eigenvalue weighted by atomic mass is 16.2. The number of fused-ring (bicyclic) bond motifs is 1. The number of benzene rings is 1. The van der Waals surface area contributed by atoms with E-state index in [1.165, 1.54) is 5.69 Å². The lowest BCUT2D eigenvalue weighted by atomic mass is 10.1. The van der Waals surface area contributed by atoms with Gasteiger partial charge in [-0.1, -0.05) is 18.2 Å². The van der Waals surface area contributed by atoms with E-state index in [-0.39, 0.29) is 5.91 Å². The summed E-state index contributed by atoms with van der Waals surface area (Å²) in [5, 5.41) is 5.75. The fourth-order valence-electron chi connectivity index (χ4n) is 4.01. The number of carbonyl (C=O) groups excluding carboxylic acids is 1. The molecular weight excluding hydrogens is 312 g/mol. The fraction of sp³-hybridized carbons (Fsp3) is 0.400. The largest absolute Gasteiger partial charge is 0.358 e. The second-order valence-corrected chi connectivity index (χ2v) is 7.10. The zero-order valence-electron chi connectivity index (χ0n) is 15.0. The van der Waals surface area contributed by atoms with Crippen LogP contribution in [0.3, 0.4) is 0 Å². The molecule has 1 aliphatic rings. The third-order valence-corrected chi connectivity index (χ3v) is 5.26. The van der Waals surface area contributed by atoms with E-state index >= 15 is 0 Å². The summed E-state index contributed by atoms with van der Waals surface area (Å²) < 4.78 is 2.08. The third kappa shape index (κ3) is 2.84. The lowest BCUT2D eigenvalue weighted by molar-refractivity contribution is -0.129. The standard InChI is InChI=1S/C20H24N4O/c1-13-10-14(2)24(22-13)16-8-9-23(12-16)20(25)11-18-15(3)21-19-7-5-4-6-17(18)19/h4-7,10,16,21H,8-9,11-12H2,1-3H3. The molecule has 5 nitrogen and oxygen atoms in total. The van der Waals surface area contributed by atoms with Crippen LogP contribution < -0.4 is 0 Å². The molecule has 1 aliphatic heterocycles. The van der Waals surface area contributed by atoms with Gasteiger partial charge in [-0.3, -0.25) is 9.48 Å². The number of para-hydroxylation sites is 1. The van der Waals surface area contributed by atoms with Crippen LogP contribution in [0.4, 0.5) is 0 Å². The van der Waals surface area contributed by atoms with E-state index in [0.29, 0.717) is 12.5 Å². The van der Waals surface area contributed by atoms with Gasteiger partial charge in [-0.2, -0.15) is 5.10 Å². The minimum atomic E-state index is 0.205. The van der Waals surface area contributed by atoms with Crippen LogP contribution in [-0.2, 0) is 11.2 Å². The molecule has 1 N–H and O–H groups in total. The Morgan fingerprint density at radius 3 is 2.84 bits per heavy atom. The molecule has 0 bridgehead atoms. The third-order valence-electron chi connectivity index (χ3n) is 5.26. The lowest BCUT2D eigenvalue weighted by Gasteiger charge is -2.17. The maximum atomic E-state index is 12.9. The summed E-state index contributed by atoms with van der Waals surface area (Å²) in [5.74, 6) is 0.205. The molecule has 2 aromatic heterocycles. The molecule has 0 radical (unpaired) electrons. The molecule has 1 fully saturated rings. The van der Waals surface area contributed by atoms with E-state index in [4.69, 9.17) is 0 Å². The average molecular weight is 336 g/mol. The van der Waals surface area contributed by atoms with Gasteiger partial charge in [0.1, 0.15) is 0 Å². The van der Waals surface area contributed by atoms with Crippen LogP contribution in [0.1, 0.15) is 35.1 Å². The van der Waals surface area contributed by atoms with Crippen LogP contribution >= 0.6 is 0 Å². The van der Waals surface area contributed by atoms with Crippen molar-refractivity contribution >= 4 is 16.8 Å². The van der Waals surface area contributed by atoms with Gasteiger partial charge in [-0.15, -0.1) is 0 Å². The molecular formula is C20H24N4O. The van der Waals surface area contributed by atoms with Gasteiger partial charge in [-0.25, -0.2) is 0 Å². The van der Waals surface area contributed by atoms with E-state index in [9.17, 15) is 4.79 Å². The zero-order valence-corrected chi connectivity index (χ0v) is 15.0. The number of aryl methyl sites for hydroxylation is 3. The number of amides is 1. The first-order valence-electron chi connectivity index (χ1n) is 8.89. The van der Waals surface area contributed by atoms with E-state index in [0.717, 1.165) is 47.4 Å². The van der Waals surface area contributed by atoms with E-state index < -0.39 is 0 Å². The molecule has 3 heterocycles. The maximum Gasteiger partial charge on any atom is 0.227 e. The summed E-state index contributed by atoms with van der Waals surface area (Å²) in [5.41, 5.74) is 5.52. The Bertz CT molecular complexity index is 936. The Kier molecular flexibility index (Phi) is 3.86. The molecule has 4 rings (SSSR count). The maximum absolute atomic E-state index is 12.9. The van der Waals surface area contributed by atoms with Gasteiger partial charge in [-0.05, 0) is 44.9 Å². The van der Waals surface area contributed by atoms with Crippen LogP contribution in [0, 0.1) is 20.8 Å². The average Bonchev–Trinajstić information content (AvgIpc) is 3.26. The van der Waals surface area contributed by atoms with Crippen LogP contribution in [0.2, 0.25) is 0 Å². The molecule has 0 saturated carbocycles. The molecule has 130 valence electrons. The second-order valence-electron chi connectivity index (χ2n) is 7.10. The molecule has 1 saturated heterocycles. The van der Waals surface area contributed by atoms with Gasteiger partial charge in [0, 0.05) is 35.4 Å². The molecule has 25 heavy (non-hydrogen) atoms. The first-order valence-corrected chi connectivity index (χ1v) is 8.89. The minimum Gasteiger partial charge on any atom is -0.358 e. The highest BCUT2D eigenvalue weighted by Gasteiger charge is 2.29. The number of likely N-dealkylation sites (tertiary alicyclic amines) is 1. The Morgan fingerprint density at radius 1 is 1.28 bits per heavy atom. The molecule has 1 aromatic carbocycles. The molecule has 5 heteroatoms. The van der Waals surface area contributed by atoms with Crippen molar-refractivity contribution in [2.45, 2.75) is 39.7 Å².